The van der Waals surface area contributed by atoms with Gasteiger partial charge in [-0.15, -0.1) is 6.58 Å². The Labute approximate surface area is 167 Å². The monoisotopic (exact) mass is 396 g/mol. The zero-order valence-corrected chi connectivity index (χ0v) is 16.4. The largest absolute Gasteiger partial charge is 0.335 e. The Kier molecular flexibility index (Phi) is 4.81. The number of aromatic nitrogens is 3. The highest BCUT2D eigenvalue weighted by Gasteiger charge is 2.28. The van der Waals surface area contributed by atoms with Crippen LogP contribution in [0.3, 0.4) is 0 Å². The molecule has 0 N–H and O–H groups in total. The molecule has 1 fully saturated rings. The van der Waals surface area contributed by atoms with Gasteiger partial charge in [0.1, 0.15) is 5.69 Å². The summed E-state index contributed by atoms with van der Waals surface area (Å²) in [5, 5.41) is 0.583. The van der Waals surface area contributed by atoms with Crippen molar-refractivity contribution in [3.8, 4) is 11.3 Å². The van der Waals surface area contributed by atoms with Crippen LogP contribution in [0.4, 0.5) is 0 Å². The Morgan fingerprint density at radius 1 is 1.39 bits per heavy atom. The van der Waals surface area contributed by atoms with E-state index in [2.05, 4.69) is 11.6 Å². The number of carbonyl (C=O) groups excluding carboxylic acids is 1. The maximum atomic E-state index is 13.1. The number of allylic oxidation sites excluding steroid dienone is 1. The van der Waals surface area contributed by atoms with Crippen molar-refractivity contribution in [2.24, 2.45) is 0 Å². The number of carbonyl (C=O) groups is 1. The standard InChI is InChI=1S/C21H21ClN4O2/c1-3-9-26-18(15-7-4-8-16(22)11-15)13-24-12-17(23-19(24)21(26)28)20(27)25-10-5-6-14(25)2/h3-4,7-8,11-14H,1,5-6,9-10H2,2H3. The fraction of sp³-hybridized carbons (Fsp3) is 0.286. The molecule has 1 aromatic carbocycles. The molecule has 0 saturated carbocycles. The number of likely N-dealkylation sites (tertiary alicyclic amines) is 1. The van der Waals surface area contributed by atoms with E-state index in [0.29, 0.717) is 23.0 Å². The van der Waals surface area contributed by atoms with Gasteiger partial charge in [-0.3, -0.25) is 18.6 Å². The van der Waals surface area contributed by atoms with Gasteiger partial charge in [0, 0.05) is 42.1 Å². The van der Waals surface area contributed by atoms with Crippen LogP contribution >= 0.6 is 11.6 Å². The van der Waals surface area contributed by atoms with E-state index in [9.17, 15) is 9.59 Å². The highest BCUT2D eigenvalue weighted by atomic mass is 35.5. The molecule has 1 unspecified atom stereocenters. The first kappa shape index (κ1) is 18.5. The fourth-order valence-electron chi connectivity index (χ4n) is 3.76. The summed E-state index contributed by atoms with van der Waals surface area (Å²) in [5.41, 5.74) is 1.74. The van der Waals surface area contributed by atoms with Crippen LogP contribution in [-0.2, 0) is 6.54 Å². The van der Waals surface area contributed by atoms with Gasteiger partial charge >= 0.3 is 0 Å². The lowest BCUT2D eigenvalue weighted by molar-refractivity contribution is 0.0742. The molecule has 4 rings (SSSR count). The molecule has 144 valence electrons. The van der Waals surface area contributed by atoms with Crippen molar-refractivity contribution >= 4 is 23.2 Å². The molecule has 6 nitrogen and oxygen atoms in total. The lowest BCUT2D eigenvalue weighted by Crippen LogP contribution is -2.33. The molecule has 28 heavy (non-hydrogen) atoms. The Morgan fingerprint density at radius 3 is 2.89 bits per heavy atom. The van der Waals surface area contributed by atoms with Crippen LogP contribution in [0.15, 0.2) is 54.1 Å². The zero-order valence-electron chi connectivity index (χ0n) is 15.6. The zero-order chi connectivity index (χ0) is 19.8. The van der Waals surface area contributed by atoms with Crippen molar-refractivity contribution in [3.63, 3.8) is 0 Å². The van der Waals surface area contributed by atoms with Crippen molar-refractivity contribution in [1.29, 1.82) is 0 Å². The van der Waals surface area contributed by atoms with Gasteiger partial charge in [0.25, 0.3) is 11.5 Å². The molecule has 0 aliphatic carbocycles. The molecule has 0 radical (unpaired) electrons. The number of nitrogens with zero attached hydrogens (tertiary/aromatic N) is 4. The molecule has 1 aliphatic heterocycles. The molecular formula is C21H21ClN4O2. The number of imidazole rings is 1. The first-order valence-electron chi connectivity index (χ1n) is 9.30. The lowest BCUT2D eigenvalue weighted by atomic mass is 10.1. The third-order valence-corrected chi connectivity index (χ3v) is 5.42. The maximum Gasteiger partial charge on any atom is 0.295 e. The molecule has 1 atom stereocenters. The molecule has 1 aliphatic rings. The SMILES string of the molecule is C=CCn1c(-c2cccc(Cl)c2)cn2cc(C(=O)N3CCCC3C)nc2c1=O. The van der Waals surface area contributed by atoms with Crippen LogP contribution in [0.5, 0.6) is 0 Å². The van der Waals surface area contributed by atoms with Crippen molar-refractivity contribution in [2.45, 2.75) is 32.4 Å². The highest BCUT2D eigenvalue weighted by molar-refractivity contribution is 6.30. The molecule has 3 heterocycles. The Hall–Kier alpha value is -2.86. The first-order valence-corrected chi connectivity index (χ1v) is 9.67. The molecule has 1 amide bonds. The normalized spacial score (nSPS) is 16.6. The molecule has 0 bridgehead atoms. The van der Waals surface area contributed by atoms with Crippen LogP contribution in [0.2, 0.25) is 5.02 Å². The predicted molar refractivity (Wildman–Crippen MR) is 110 cm³/mol. The fourth-order valence-corrected chi connectivity index (χ4v) is 3.95. The molecule has 3 aromatic rings. The van der Waals surface area contributed by atoms with Crippen LogP contribution in [-0.4, -0.2) is 37.3 Å². The van der Waals surface area contributed by atoms with Gasteiger partial charge in [-0.1, -0.05) is 29.8 Å². The predicted octanol–water partition coefficient (Wildman–Crippen LogP) is 3.63. The van der Waals surface area contributed by atoms with Crippen molar-refractivity contribution in [2.75, 3.05) is 6.54 Å². The summed E-state index contributed by atoms with van der Waals surface area (Å²) in [4.78, 5) is 32.1. The van der Waals surface area contributed by atoms with Gasteiger partial charge in [0.2, 0.25) is 5.65 Å². The van der Waals surface area contributed by atoms with Gasteiger partial charge in [-0.05, 0) is 31.9 Å². The van der Waals surface area contributed by atoms with Crippen molar-refractivity contribution < 1.29 is 4.79 Å². The molecule has 0 spiro atoms. The lowest BCUT2D eigenvalue weighted by Gasteiger charge is -2.19. The Bertz CT molecular complexity index is 1130. The van der Waals surface area contributed by atoms with Crippen LogP contribution in [0, 0.1) is 0 Å². The van der Waals surface area contributed by atoms with Gasteiger partial charge < -0.3 is 4.90 Å². The topological polar surface area (TPSA) is 59.6 Å². The van der Waals surface area contributed by atoms with E-state index in [1.165, 1.54) is 0 Å². The van der Waals surface area contributed by atoms with Gasteiger partial charge in [0.15, 0.2) is 0 Å². The average Bonchev–Trinajstić information content (AvgIpc) is 3.30. The summed E-state index contributed by atoms with van der Waals surface area (Å²) < 4.78 is 3.22. The van der Waals surface area contributed by atoms with Crippen molar-refractivity contribution in [3.05, 3.63) is 70.4 Å². The second-order valence-corrected chi connectivity index (χ2v) is 7.51. The number of rotatable bonds is 4. The number of amides is 1. The minimum Gasteiger partial charge on any atom is -0.335 e. The minimum atomic E-state index is -0.272. The van der Waals surface area contributed by atoms with Gasteiger partial charge in [-0.2, -0.15) is 0 Å². The summed E-state index contributed by atoms with van der Waals surface area (Å²) >= 11 is 6.14. The van der Waals surface area contributed by atoms with E-state index in [0.717, 1.165) is 24.9 Å². The second-order valence-electron chi connectivity index (χ2n) is 7.08. The van der Waals surface area contributed by atoms with E-state index in [-0.39, 0.29) is 23.2 Å². The number of hydrogen-bond acceptors (Lipinski definition) is 3. The Balaban J connectivity index is 1.87. The number of fused-ring (bicyclic) bond motifs is 1. The number of halogens is 1. The number of hydrogen-bond donors (Lipinski definition) is 0. The summed E-state index contributed by atoms with van der Waals surface area (Å²) in [6.45, 7) is 6.84. The average molecular weight is 397 g/mol. The summed E-state index contributed by atoms with van der Waals surface area (Å²) in [6, 6.07) is 7.50. The minimum absolute atomic E-state index is 0.132. The Morgan fingerprint density at radius 2 is 2.21 bits per heavy atom. The first-order chi connectivity index (χ1) is 13.5. The van der Waals surface area contributed by atoms with E-state index >= 15 is 0 Å². The van der Waals surface area contributed by atoms with Crippen LogP contribution in [0.25, 0.3) is 16.9 Å². The third-order valence-electron chi connectivity index (χ3n) is 5.19. The van der Waals surface area contributed by atoms with Crippen LogP contribution < -0.4 is 5.56 Å². The quantitative estimate of drug-likeness (QED) is 0.633. The van der Waals surface area contributed by atoms with Crippen molar-refractivity contribution in [1.82, 2.24) is 18.9 Å². The van der Waals surface area contributed by atoms with Gasteiger partial charge in [0.05, 0.1) is 5.69 Å². The summed E-state index contributed by atoms with van der Waals surface area (Å²) in [6.07, 6.45) is 7.09. The molecule has 7 heteroatoms. The van der Waals surface area contributed by atoms with Crippen LogP contribution in [0.1, 0.15) is 30.3 Å². The van der Waals surface area contributed by atoms with E-state index < -0.39 is 0 Å². The number of benzene rings is 1. The van der Waals surface area contributed by atoms with E-state index in [1.54, 1.807) is 33.4 Å². The third kappa shape index (κ3) is 3.14. The molecular weight excluding hydrogens is 376 g/mol. The van der Waals surface area contributed by atoms with E-state index in [4.69, 9.17) is 11.6 Å². The maximum absolute atomic E-state index is 13.1. The second kappa shape index (κ2) is 7.28. The molecule has 1 saturated heterocycles. The summed E-state index contributed by atoms with van der Waals surface area (Å²) in [7, 11) is 0. The highest BCUT2D eigenvalue weighted by Crippen LogP contribution is 2.23. The van der Waals surface area contributed by atoms with Gasteiger partial charge in [-0.25, -0.2) is 4.98 Å². The van der Waals surface area contributed by atoms with E-state index in [1.807, 2.05) is 30.2 Å². The molecule has 2 aromatic heterocycles. The summed E-state index contributed by atoms with van der Waals surface area (Å²) in [5.74, 6) is -0.132. The smallest absolute Gasteiger partial charge is 0.295 e.